The third kappa shape index (κ3) is 2.26. The van der Waals surface area contributed by atoms with Crippen LogP contribution in [0, 0.1) is 0 Å². The van der Waals surface area contributed by atoms with E-state index in [0.29, 0.717) is 10.8 Å². The van der Waals surface area contributed by atoms with Gasteiger partial charge in [-0.3, -0.25) is 0 Å². The Labute approximate surface area is 131 Å². The monoisotopic (exact) mass is 316 g/mol. The maximum absolute atomic E-state index is 10.7. The van der Waals surface area contributed by atoms with E-state index in [9.17, 15) is 5.11 Å². The van der Waals surface area contributed by atoms with Gasteiger partial charge in [-0.2, -0.15) is 0 Å². The molecule has 2 unspecified atom stereocenters. The minimum absolute atomic E-state index is 0.0715. The highest BCUT2D eigenvalue weighted by Gasteiger charge is 2.31. The lowest BCUT2D eigenvalue weighted by atomic mass is 9.94. The summed E-state index contributed by atoms with van der Waals surface area (Å²) in [4.78, 5) is 1.25. The Morgan fingerprint density at radius 1 is 1.19 bits per heavy atom. The fraction of sp³-hybridized carbons (Fsp3) is 0.176. The van der Waals surface area contributed by atoms with Crippen LogP contribution in [0.25, 0.3) is 11.0 Å². The van der Waals surface area contributed by atoms with Crippen LogP contribution >= 0.6 is 23.4 Å². The van der Waals surface area contributed by atoms with Crippen molar-refractivity contribution in [3.63, 3.8) is 0 Å². The minimum atomic E-state index is -0.632. The predicted octanol–water partition coefficient (Wildman–Crippen LogP) is 5.01. The molecule has 2 nitrogen and oxygen atoms in total. The second-order valence-electron chi connectivity index (χ2n) is 5.23. The predicted molar refractivity (Wildman–Crippen MR) is 86.1 cm³/mol. The quantitative estimate of drug-likeness (QED) is 0.721. The molecule has 1 aromatic heterocycles. The number of hydrogen-bond acceptors (Lipinski definition) is 3. The molecule has 1 aliphatic rings. The van der Waals surface area contributed by atoms with E-state index in [0.717, 1.165) is 16.7 Å². The number of halogens is 1. The molecule has 1 aliphatic heterocycles. The van der Waals surface area contributed by atoms with Gasteiger partial charge in [0.05, 0.1) is 0 Å². The van der Waals surface area contributed by atoms with Crippen LogP contribution in [-0.4, -0.2) is 10.9 Å². The lowest BCUT2D eigenvalue weighted by Gasteiger charge is -2.16. The SMILES string of the molecule is OC(c1cc2cc(Cl)ccc2o1)C1CSc2ccccc21. The molecule has 3 aromatic rings. The van der Waals surface area contributed by atoms with Crippen molar-refractivity contribution in [3.8, 4) is 0 Å². The van der Waals surface area contributed by atoms with Gasteiger partial charge in [-0.15, -0.1) is 11.8 Å². The van der Waals surface area contributed by atoms with E-state index in [2.05, 4.69) is 12.1 Å². The number of furan rings is 1. The number of rotatable bonds is 2. The summed E-state index contributed by atoms with van der Waals surface area (Å²) in [6, 6.07) is 15.6. The Morgan fingerprint density at radius 3 is 2.95 bits per heavy atom. The fourth-order valence-corrected chi connectivity index (χ4v) is 4.29. The van der Waals surface area contributed by atoms with Gasteiger partial charge in [0.2, 0.25) is 0 Å². The zero-order valence-corrected chi connectivity index (χ0v) is 12.7. The van der Waals surface area contributed by atoms with Crippen LogP contribution in [0.5, 0.6) is 0 Å². The Hall–Kier alpha value is -1.42. The molecule has 0 fully saturated rings. The van der Waals surface area contributed by atoms with E-state index in [1.165, 1.54) is 10.5 Å². The standard InChI is InChI=1S/C17H13ClO2S/c18-11-5-6-14-10(7-11)8-15(20-14)17(19)13-9-21-16-4-2-1-3-12(13)16/h1-8,13,17,19H,9H2. The third-order valence-corrected chi connectivity index (χ3v) is 5.35. The van der Waals surface area contributed by atoms with Gasteiger partial charge in [-0.05, 0) is 35.9 Å². The number of hydrogen-bond donors (Lipinski definition) is 1. The van der Waals surface area contributed by atoms with Crippen molar-refractivity contribution >= 4 is 34.3 Å². The van der Waals surface area contributed by atoms with E-state index in [1.54, 1.807) is 17.8 Å². The molecule has 0 saturated carbocycles. The van der Waals surface area contributed by atoms with Gasteiger partial charge in [0.1, 0.15) is 17.4 Å². The Balaban J connectivity index is 1.72. The molecular formula is C17H13ClO2S. The van der Waals surface area contributed by atoms with Crippen molar-refractivity contribution in [2.75, 3.05) is 5.75 Å². The zero-order chi connectivity index (χ0) is 14.4. The van der Waals surface area contributed by atoms with E-state index < -0.39 is 6.10 Å². The van der Waals surface area contributed by atoms with Crippen molar-refractivity contribution < 1.29 is 9.52 Å². The topological polar surface area (TPSA) is 33.4 Å². The van der Waals surface area contributed by atoms with Crippen molar-refractivity contribution in [1.82, 2.24) is 0 Å². The minimum Gasteiger partial charge on any atom is -0.458 e. The summed E-state index contributed by atoms with van der Waals surface area (Å²) in [5.41, 5.74) is 1.96. The first-order chi connectivity index (χ1) is 10.2. The number of fused-ring (bicyclic) bond motifs is 2. The molecule has 0 aliphatic carbocycles. The molecule has 0 spiro atoms. The van der Waals surface area contributed by atoms with Crippen molar-refractivity contribution in [2.45, 2.75) is 16.9 Å². The molecule has 1 N–H and O–H groups in total. The highest BCUT2D eigenvalue weighted by Crippen LogP contribution is 2.46. The summed E-state index contributed by atoms with van der Waals surface area (Å²) in [5, 5.41) is 12.3. The van der Waals surface area contributed by atoms with Gasteiger partial charge in [0.25, 0.3) is 0 Å². The highest BCUT2D eigenvalue weighted by molar-refractivity contribution is 7.99. The summed E-state index contributed by atoms with van der Waals surface area (Å²) < 4.78 is 5.79. The van der Waals surface area contributed by atoms with Crippen LogP contribution in [0.2, 0.25) is 5.02 Å². The molecule has 21 heavy (non-hydrogen) atoms. The van der Waals surface area contributed by atoms with Gasteiger partial charge >= 0.3 is 0 Å². The number of benzene rings is 2. The molecule has 0 bridgehead atoms. The van der Waals surface area contributed by atoms with E-state index in [4.69, 9.17) is 16.0 Å². The van der Waals surface area contributed by atoms with Gasteiger partial charge < -0.3 is 9.52 Å². The number of aliphatic hydroxyl groups is 1. The molecule has 4 heteroatoms. The fourth-order valence-electron chi connectivity index (χ4n) is 2.83. The van der Waals surface area contributed by atoms with Crippen LogP contribution in [0.3, 0.4) is 0 Å². The number of aliphatic hydroxyl groups excluding tert-OH is 1. The molecule has 2 aromatic carbocycles. The van der Waals surface area contributed by atoms with E-state index in [-0.39, 0.29) is 5.92 Å². The van der Waals surface area contributed by atoms with Gasteiger partial charge in [0, 0.05) is 27.0 Å². The Morgan fingerprint density at radius 2 is 2.05 bits per heavy atom. The molecule has 0 amide bonds. The molecule has 2 atom stereocenters. The van der Waals surface area contributed by atoms with Crippen LogP contribution in [0.1, 0.15) is 23.3 Å². The maximum atomic E-state index is 10.7. The second-order valence-corrected chi connectivity index (χ2v) is 6.73. The smallest absolute Gasteiger partial charge is 0.134 e. The van der Waals surface area contributed by atoms with Gasteiger partial charge in [-0.1, -0.05) is 29.8 Å². The van der Waals surface area contributed by atoms with Crippen LogP contribution in [-0.2, 0) is 0 Å². The van der Waals surface area contributed by atoms with Crippen LogP contribution in [0.15, 0.2) is 57.8 Å². The molecule has 4 rings (SSSR count). The van der Waals surface area contributed by atoms with E-state index in [1.807, 2.05) is 30.3 Å². The summed E-state index contributed by atoms with van der Waals surface area (Å²) in [5.74, 6) is 1.55. The highest BCUT2D eigenvalue weighted by atomic mass is 35.5. The summed E-state index contributed by atoms with van der Waals surface area (Å²) in [6.07, 6.45) is -0.632. The van der Waals surface area contributed by atoms with Gasteiger partial charge in [0.15, 0.2) is 0 Å². The average molecular weight is 317 g/mol. The summed E-state index contributed by atoms with van der Waals surface area (Å²) in [7, 11) is 0. The third-order valence-electron chi connectivity index (χ3n) is 3.91. The largest absolute Gasteiger partial charge is 0.458 e. The van der Waals surface area contributed by atoms with Crippen molar-refractivity contribution in [1.29, 1.82) is 0 Å². The van der Waals surface area contributed by atoms with Crippen molar-refractivity contribution in [3.05, 3.63) is 64.9 Å². The summed E-state index contributed by atoms with van der Waals surface area (Å²) in [6.45, 7) is 0. The first kappa shape index (κ1) is 13.3. The van der Waals surface area contributed by atoms with E-state index >= 15 is 0 Å². The Bertz CT molecular complexity index is 811. The lowest BCUT2D eigenvalue weighted by molar-refractivity contribution is 0.130. The zero-order valence-electron chi connectivity index (χ0n) is 11.1. The average Bonchev–Trinajstić information content (AvgIpc) is 3.09. The number of thioether (sulfide) groups is 1. The molecular weight excluding hydrogens is 304 g/mol. The van der Waals surface area contributed by atoms with Gasteiger partial charge in [-0.25, -0.2) is 0 Å². The molecule has 0 radical (unpaired) electrons. The van der Waals surface area contributed by atoms with Crippen LogP contribution < -0.4 is 0 Å². The normalized spacial score (nSPS) is 18.9. The first-order valence-corrected chi connectivity index (χ1v) is 8.17. The maximum Gasteiger partial charge on any atom is 0.134 e. The van der Waals surface area contributed by atoms with Crippen LogP contribution in [0.4, 0.5) is 0 Å². The Kier molecular flexibility index (Phi) is 3.21. The lowest BCUT2D eigenvalue weighted by Crippen LogP contribution is -2.09. The van der Waals surface area contributed by atoms with Crippen molar-refractivity contribution in [2.24, 2.45) is 0 Å². The second kappa shape index (κ2) is 5.09. The molecule has 106 valence electrons. The molecule has 2 heterocycles. The first-order valence-electron chi connectivity index (χ1n) is 6.81. The summed E-state index contributed by atoms with van der Waals surface area (Å²) >= 11 is 7.78. The molecule has 0 saturated heterocycles.